The van der Waals surface area contributed by atoms with E-state index in [9.17, 15) is 4.79 Å². The predicted molar refractivity (Wildman–Crippen MR) is 103 cm³/mol. The Morgan fingerprint density at radius 1 is 1.00 bits per heavy atom. The maximum absolute atomic E-state index is 12.1. The van der Waals surface area contributed by atoms with Crippen molar-refractivity contribution in [2.75, 3.05) is 0 Å². The summed E-state index contributed by atoms with van der Waals surface area (Å²) < 4.78 is 5.79. The van der Waals surface area contributed by atoms with Gasteiger partial charge in [-0.1, -0.05) is 60.2 Å². The fourth-order valence-electron chi connectivity index (χ4n) is 2.44. The van der Waals surface area contributed by atoms with E-state index in [1.807, 2.05) is 79.7 Å². The fourth-order valence-corrected chi connectivity index (χ4v) is 2.44. The molecular formula is C22H20N2O2. The van der Waals surface area contributed by atoms with Crippen molar-refractivity contribution in [1.29, 1.82) is 0 Å². The first-order valence-corrected chi connectivity index (χ1v) is 8.37. The summed E-state index contributed by atoms with van der Waals surface area (Å²) in [5, 5.41) is 4.03. The summed E-state index contributed by atoms with van der Waals surface area (Å²) in [4.78, 5) is 12.1. The second-order valence-electron chi connectivity index (χ2n) is 5.92. The molecular weight excluding hydrogens is 324 g/mol. The second-order valence-corrected chi connectivity index (χ2v) is 5.92. The van der Waals surface area contributed by atoms with Crippen molar-refractivity contribution in [2.45, 2.75) is 13.5 Å². The van der Waals surface area contributed by atoms with E-state index < -0.39 is 0 Å². The molecule has 0 aliphatic carbocycles. The molecule has 26 heavy (non-hydrogen) atoms. The molecule has 3 aromatic carbocycles. The monoisotopic (exact) mass is 344 g/mol. The van der Waals surface area contributed by atoms with Crippen LogP contribution in [-0.4, -0.2) is 12.1 Å². The van der Waals surface area contributed by atoms with Crippen molar-refractivity contribution in [3.8, 4) is 5.75 Å². The lowest BCUT2D eigenvalue weighted by molar-refractivity contribution is 0.0955. The van der Waals surface area contributed by atoms with Gasteiger partial charge in [0.1, 0.15) is 12.4 Å². The van der Waals surface area contributed by atoms with Gasteiger partial charge in [-0.2, -0.15) is 5.10 Å². The third-order valence-corrected chi connectivity index (χ3v) is 3.77. The number of nitrogens with one attached hydrogen (secondary N) is 1. The molecule has 0 saturated heterocycles. The molecule has 0 aliphatic rings. The number of benzene rings is 3. The minimum atomic E-state index is -0.235. The first kappa shape index (κ1) is 17.4. The summed E-state index contributed by atoms with van der Waals surface area (Å²) in [7, 11) is 0. The molecule has 0 radical (unpaired) electrons. The van der Waals surface area contributed by atoms with E-state index in [4.69, 9.17) is 4.74 Å². The van der Waals surface area contributed by atoms with Gasteiger partial charge in [0.2, 0.25) is 0 Å². The van der Waals surface area contributed by atoms with Gasteiger partial charge in [-0.05, 0) is 42.3 Å². The van der Waals surface area contributed by atoms with Gasteiger partial charge in [0.15, 0.2) is 0 Å². The van der Waals surface area contributed by atoms with E-state index in [0.29, 0.717) is 12.2 Å². The number of hydrogen-bond acceptors (Lipinski definition) is 3. The molecule has 0 unspecified atom stereocenters. The van der Waals surface area contributed by atoms with Crippen LogP contribution >= 0.6 is 0 Å². The van der Waals surface area contributed by atoms with Gasteiger partial charge in [-0.15, -0.1) is 0 Å². The lowest BCUT2D eigenvalue weighted by atomic mass is 10.1. The Morgan fingerprint density at radius 2 is 1.81 bits per heavy atom. The standard InChI is InChI=1S/C22H20N2O2/c1-17-7-5-11-20(13-17)22(25)24-23-15-19-10-6-12-21(14-19)26-16-18-8-3-2-4-9-18/h2-15H,16H2,1H3,(H,24,25)/b23-15-. The Balaban J connectivity index is 1.57. The molecule has 0 aromatic heterocycles. The van der Waals surface area contributed by atoms with E-state index in [2.05, 4.69) is 10.5 Å². The number of amides is 1. The molecule has 3 aromatic rings. The molecule has 3 rings (SSSR count). The van der Waals surface area contributed by atoms with E-state index in [-0.39, 0.29) is 5.91 Å². The molecule has 0 bridgehead atoms. The Morgan fingerprint density at radius 3 is 2.62 bits per heavy atom. The van der Waals surface area contributed by atoms with Crippen molar-refractivity contribution in [3.63, 3.8) is 0 Å². The van der Waals surface area contributed by atoms with Crippen molar-refractivity contribution >= 4 is 12.1 Å². The van der Waals surface area contributed by atoms with Crippen LogP contribution in [0.3, 0.4) is 0 Å². The summed E-state index contributed by atoms with van der Waals surface area (Å²) in [5.41, 5.74) is 6.11. The summed E-state index contributed by atoms with van der Waals surface area (Å²) in [5.74, 6) is 0.518. The van der Waals surface area contributed by atoms with Gasteiger partial charge in [0.05, 0.1) is 6.21 Å². The van der Waals surface area contributed by atoms with Crippen LogP contribution in [0.1, 0.15) is 27.0 Å². The zero-order chi connectivity index (χ0) is 18.2. The number of hydrazone groups is 1. The topological polar surface area (TPSA) is 50.7 Å². The number of ether oxygens (including phenoxy) is 1. The number of carbonyl (C=O) groups is 1. The zero-order valence-corrected chi connectivity index (χ0v) is 14.6. The molecule has 4 heteroatoms. The second kappa shape index (κ2) is 8.62. The molecule has 1 N–H and O–H groups in total. The summed E-state index contributed by atoms with van der Waals surface area (Å²) in [6.45, 7) is 2.45. The van der Waals surface area contributed by atoms with Crippen molar-refractivity contribution < 1.29 is 9.53 Å². The van der Waals surface area contributed by atoms with Gasteiger partial charge in [-0.25, -0.2) is 5.43 Å². The maximum atomic E-state index is 12.1. The van der Waals surface area contributed by atoms with Crippen molar-refractivity contribution in [2.24, 2.45) is 5.10 Å². The molecule has 0 heterocycles. The lowest BCUT2D eigenvalue weighted by Gasteiger charge is -2.06. The largest absolute Gasteiger partial charge is 0.489 e. The zero-order valence-electron chi connectivity index (χ0n) is 14.6. The first-order chi connectivity index (χ1) is 12.7. The highest BCUT2D eigenvalue weighted by Crippen LogP contribution is 2.14. The number of aryl methyl sites for hydroxylation is 1. The number of nitrogens with zero attached hydrogens (tertiary/aromatic N) is 1. The smallest absolute Gasteiger partial charge is 0.271 e. The van der Waals surface area contributed by atoms with Crippen LogP contribution in [0.2, 0.25) is 0 Å². The van der Waals surface area contributed by atoms with Gasteiger partial charge in [0.25, 0.3) is 5.91 Å². The average Bonchev–Trinajstić information content (AvgIpc) is 2.67. The van der Waals surface area contributed by atoms with Gasteiger partial charge >= 0.3 is 0 Å². The summed E-state index contributed by atoms with van der Waals surface area (Å²) in [6, 6.07) is 24.9. The quantitative estimate of drug-likeness (QED) is 0.534. The number of rotatable bonds is 6. The molecule has 130 valence electrons. The van der Waals surface area contributed by atoms with Gasteiger partial charge < -0.3 is 4.74 Å². The Hall–Kier alpha value is -3.40. The van der Waals surface area contributed by atoms with Gasteiger partial charge in [-0.3, -0.25) is 4.79 Å². The molecule has 1 amide bonds. The first-order valence-electron chi connectivity index (χ1n) is 8.37. The van der Waals surface area contributed by atoms with Crippen molar-refractivity contribution in [3.05, 3.63) is 101 Å². The van der Waals surface area contributed by atoms with Crippen molar-refractivity contribution in [1.82, 2.24) is 5.43 Å². The van der Waals surface area contributed by atoms with E-state index >= 15 is 0 Å². The minimum absolute atomic E-state index is 0.235. The molecule has 0 saturated carbocycles. The van der Waals surface area contributed by atoms with Crippen LogP contribution in [0, 0.1) is 6.92 Å². The Labute approximate surface area is 153 Å². The highest BCUT2D eigenvalue weighted by Gasteiger charge is 2.03. The Kier molecular flexibility index (Phi) is 5.78. The van der Waals surface area contributed by atoms with E-state index in [1.165, 1.54) is 0 Å². The lowest BCUT2D eigenvalue weighted by Crippen LogP contribution is -2.17. The molecule has 0 atom stereocenters. The highest BCUT2D eigenvalue weighted by atomic mass is 16.5. The molecule has 0 spiro atoms. The molecule has 0 fully saturated rings. The van der Waals surface area contributed by atoms with E-state index in [1.54, 1.807) is 12.3 Å². The van der Waals surface area contributed by atoms with E-state index in [0.717, 1.165) is 22.4 Å². The van der Waals surface area contributed by atoms with Gasteiger partial charge in [0, 0.05) is 5.56 Å². The van der Waals surface area contributed by atoms with Crippen LogP contribution in [0.5, 0.6) is 5.75 Å². The number of hydrogen-bond donors (Lipinski definition) is 1. The average molecular weight is 344 g/mol. The highest BCUT2D eigenvalue weighted by molar-refractivity contribution is 5.95. The Bertz CT molecular complexity index is 905. The SMILES string of the molecule is Cc1cccc(C(=O)N/N=C\c2cccc(OCc3ccccc3)c2)c1. The predicted octanol–water partition coefficient (Wildman–Crippen LogP) is 4.34. The normalized spacial score (nSPS) is 10.7. The van der Waals surface area contributed by atoms with Crippen LogP contribution in [0.4, 0.5) is 0 Å². The minimum Gasteiger partial charge on any atom is -0.489 e. The third kappa shape index (κ3) is 5.05. The molecule has 0 aliphatic heterocycles. The van der Waals surface area contributed by atoms with Crippen LogP contribution in [0.15, 0.2) is 84.0 Å². The van der Waals surface area contributed by atoms with Crippen LogP contribution in [-0.2, 0) is 6.61 Å². The molecule has 4 nitrogen and oxygen atoms in total. The summed E-state index contributed by atoms with van der Waals surface area (Å²) >= 11 is 0. The van der Waals surface area contributed by atoms with Crippen LogP contribution < -0.4 is 10.2 Å². The third-order valence-electron chi connectivity index (χ3n) is 3.77. The van der Waals surface area contributed by atoms with Crippen LogP contribution in [0.25, 0.3) is 0 Å². The number of carbonyl (C=O) groups excluding carboxylic acids is 1. The fraction of sp³-hybridized carbons (Fsp3) is 0.0909. The summed E-state index contributed by atoms with van der Waals surface area (Å²) in [6.07, 6.45) is 1.60. The maximum Gasteiger partial charge on any atom is 0.271 e.